The van der Waals surface area contributed by atoms with Gasteiger partial charge >= 0.3 is 5.82 Å². The number of hydrazine groups is 1. The van der Waals surface area contributed by atoms with Crippen LogP contribution in [0.5, 0.6) is 0 Å². The fourth-order valence-electron chi connectivity index (χ4n) is 1.49. The standard InChI is InChI=1S/C7H10N6O4/c8-13-10-3-5(17-13)7-9-4-6(12(15)16)11(7)1-2-14/h3-5,14H,1-2,8H2. The summed E-state index contributed by atoms with van der Waals surface area (Å²) in [7, 11) is 0. The third kappa shape index (κ3) is 2.08. The van der Waals surface area contributed by atoms with Gasteiger partial charge in [0.25, 0.3) is 0 Å². The van der Waals surface area contributed by atoms with Crippen LogP contribution in [0.15, 0.2) is 11.3 Å². The lowest BCUT2D eigenvalue weighted by atomic mass is 10.3. The van der Waals surface area contributed by atoms with Crippen molar-refractivity contribution in [1.82, 2.24) is 14.8 Å². The van der Waals surface area contributed by atoms with E-state index in [4.69, 9.17) is 15.8 Å². The summed E-state index contributed by atoms with van der Waals surface area (Å²) < 4.78 is 1.25. The van der Waals surface area contributed by atoms with Crippen molar-refractivity contribution >= 4 is 12.0 Å². The SMILES string of the molecule is NN1N=CC(c2ncc([N+](=O)[O-])n2CCO)O1. The van der Waals surface area contributed by atoms with E-state index >= 15 is 0 Å². The zero-order chi connectivity index (χ0) is 12.4. The summed E-state index contributed by atoms with van der Waals surface area (Å²) in [5.41, 5.74) is 0. The Morgan fingerprint density at radius 2 is 2.47 bits per heavy atom. The van der Waals surface area contributed by atoms with Crippen LogP contribution in [0.3, 0.4) is 0 Å². The average molecular weight is 242 g/mol. The van der Waals surface area contributed by atoms with Crippen LogP contribution >= 0.6 is 0 Å². The smallest absolute Gasteiger partial charge is 0.343 e. The van der Waals surface area contributed by atoms with Crippen molar-refractivity contribution in [2.75, 3.05) is 6.61 Å². The molecule has 0 bridgehead atoms. The number of rotatable bonds is 4. The number of nitrogens with zero attached hydrogens (tertiary/aromatic N) is 5. The van der Waals surface area contributed by atoms with Gasteiger partial charge in [-0.15, -0.1) is 5.10 Å². The molecule has 1 aromatic heterocycles. The molecule has 92 valence electrons. The molecule has 0 saturated heterocycles. The Balaban J connectivity index is 2.34. The Kier molecular flexibility index (Phi) is 2.99. The molecule has 1 atom stereocenters. The lowest BCUT2D eigenvalue weighted by molar-refractivity contribution is -0.392. The first kappa shape index (κ1) is 11.4. The first-order valence-electron chi connectivity index (χ1n) is 4.70. The van der Waals surface area contributed by atoms with Crippen LogP contribution in [-0.2, 0) is 11.4 Å². The summed E-state index contributed by atoms with van der Waals surface area (Å²) in [6.07, 6.45) is 1.77. The second kappa shape index (κ2) is 4.45. The molecule has 10 nitrogen and oxygen atoms in total. The molecule has 1 aromatic rings. The first-order chi connectivity index (χ1) is 8.13. The number of aliphatic hydroxyl groups excluding tert-OH is 1. The number of aromatic nitrogens is 2. The summed E-state index contributed by atoms with van der Waals surface area (Å²) >= 11 is 0. The predicted molar refractivity (Wildman–Crippen MR) is 54.3 cm³/mol. The molecule has 0 saturated carbocycles. The molecule has 0 spiro atoms. The average Bonchev–Trinajstić information content (AvgIpc) is 2.85. The molecule has 0 fully saturated rings. The van der Waals surface area contributed by atoms with Crippen molar-refractivity contribution in [2.24, 2.45) is 10.9 Å². The largest absolute Gasteiger partial charge is 0.392 e. The highest BCUT2D eigenvalue weighted by Crippen LogP contribution is 2.23. The van der Waals surface area contributed by atoms with Crippen LogP contribution in [-0.4, -0.2) is 37.7 Å². The van der Waals surface area contributed by atoms with Gasteiger partial charge in [0, 0.05) is 0 Å². The van der Waals surface area contributed by atoms with Gasteiger partial charge < -0.3 is 15.2 Å². The second-order valence-corrected chi connectivity index (χ2v) is 3.20. The van der Waals surface area contributed by atoms with Gasteiger partial charge in [-0.1, -0.05) is 5.28 Å². The monoisotopic (exact) mass is 242 g/mol. The van der Waals surface area contributed by atoms with Gasteiger partial charge in [-0.05, 0) is 4.92 Å². The van der Waals surface area contributed by atoms with E-state index in [0.29, 0.717) is 0 Å². The van der Waals surface area contributed by atoms with Gasteiger partial charge in [0.2, 0.25) is 11.9 Å². The minimum absolute atomic E-state index is 0.0456. The minimum Gasteiger partial charge on any atom is -0.392 e. The molecule has 0 radical (unpaired) electrons. The van der Waals surface area contributed by atoms with Gasteiger partial charge in [-0.2, -0.15) is 0 Å². The second-order valence-electron chi connectivity index (χ2n) is 3.20. The molecule has 1 aliphatic rings. The maximum atomic E-state index is 10.7. The molecule has 1 aliphatic heterocycles. The molecule has 2 rings (SSSR count). The van der Waals surface area contributed by atoms with Gasteiger partial charge in [-0.3, -0.25) is 0 Å². The zero-order valence-corrected chi connectivity index (χ0v) is 8.63. The van der Waals surface area contributed by atoms with Crippen LogP contribution in [0.25, 0.3) is 0 Å². The molecule has 0 aromatic carbocycles. The zero-order valence-electron chi connectivity index (χ0n) is 8.63. The quantitative estimate of drug-likeness (QED) is 0.390. The van der Waals surface area contributed by atoms with E-state index in [1.807, 2.05) is 0 Å². The third-order valence-electron chi connectivity index (χ3n) is 2.17. The first-order valence-corrected chi connectivity index (χ1v) is 4.70. The topological polar surface area (TPSA) is 132 Å². The van der Waals surface area contributed by atoms with Crippen LogP contribution in [0.4, 0.5) is 5.82 Å². The Morgan fingerprint density at radius 1 is 1.71 bits per heavy atom. The number of hydrogen-bond acceptors (Lipinski definition) is 8. The fraction of sp³-hybridized carbons (Fsp3) is 0.429. The molecule has 0 amide bonds. The van der Waals surface area contributed by atoms with Crippen molar-refractivity contribution in [2.45, 2.75) is 12.6 Å². The Labute approximate surface area is 95.0 Å². The molecule has 3 N–H and O–H groups in total. The van der Waals surface area contributed by atoms with Gasteiger partial charge in [-0.25, -0.2) is 20.2 Å². The normalized spacial score (nSPS) is 18.9. The maximum Gasteiger partial charge on any atom is 0.343 e. The lowest BCUT2D eigenvalue weighted by Crippen LogP contribution is -2.23. The van der Waals surface area contributed by atoms with E-state index in [9.17, 15) is 10.1 Å². The number of imidazole rings is 1. The van der Waals surface area contributed by atoms with Gasteiger partial charge in [0.15, 0.2) is 0 Å². The molecule has 2 heterocycles. The fourth-order valence-corrected chi connectivity index (χ4v) is 1.49. The van der Waals surface area contributed by atoms with Crippen molar-refractivity contribution in [3.8, 4) is 0 Å². The Hall–Kier alpha value is -2.04. The van der Waals surface area contributed by atoms with E-state index in [1.165, 1.54) is 10.8 Å². The molecule has 17 heavy (non-hydrogen) atoms. The summed E-state index contributed by atoms with van der Waals surface area (Å²) in [6, 6.07) is 0. The van der Waals surface area contributed by atoms with Crippen molar-refractivity contribution in [3.63, 3.8) is 0 Å². The molecule has 0 aliphatic carbocycles. The number of hydrogen-bond donors (Lipinski definition) is 2. The number of aliphatic hydroxyl groups is 1. The van der Waals surface area contributed by atoms with E-state index in [-0.39, 0.29) is 24.8 Å². The maximum absolute atomic E-state index is 10.7. The minimum atomic E-state index is -0.694. The van der Waals surface area contributed by atoms with E-state index in [0.717, 1.165) is 11.5 Å². The number of hydrazone groups is 1. The van der Waals surface area contributed by atoms with Crippen LogP contribution in [0.1, 0.15) is 11.9 Å². The third-order valence-corrected chi connectivity index (χ3v) is 2.17. The summed E-state index contributed by atoms with van der Waals surface area (Å²) in [4.78, 5) is 19.1. The van der Waals surface area contributed by atoms with Crippen LogP contribution in [0, 0.1) is 10.1 Å². The van der Waals surface area contributed by atoms with E-state index in [2.05, 4.69) is 10.1 Å². The van der Waals surface area contributed by atoms with E-state index < -0.39 is 11.0 Å². The highest BCUT2D eigenvalue weighted by Gasteiger charge is 2.30. The Morgan fingerprint density at radius 3 is 3.00 bits per heavy atom. The van der Waals surface area contributed by atoms with Gasteiger partial charge in [0.1, 0.15) is 12.7 Å². The number of nitrogens with two attached hydrogens (primary N) is 1. The van der Waals surface area contributed by atoms with Gasteiger partial charge in [0.05, 0.1) is 12.8 Å². The highest BCUT2D eigenvalue weighted by molar-refractivity contribution is 5.65. The summed E-state index contributed by atoms with van der Waals surface area (Å²) in [6.45, 7) is -0.204. The number of nitro groups is 1. The van der Waals surface area contributed by atoms with Crippen molar-refractivity contribution < 1.29 is 14.9 Å². The summed E-state index contributed by atoms with van der Waals surface area (Å²) in [5, 5.41) is 24.0. The van der Waals surface area contributed by atoms with Crippen LogP contribution < -0.4 is 5.84 Å². The van der Waals surface area contributed by atoms with E-state index in [1.54, 1.807) is 0 Å². The molecular formula is C7H10N6O4. The van der Waals surface area contributed by atoms with Crippen molar-refractivity contribution in [3.05, 3.63) is 22.1 Å². The summed E-state index contributed by atoms with van der Waals surface area (Å²) in [5.74, 6) is 5.29. The predicted octanol–water partition coefficient (Wildman–Crippen LogP) is -1.07. The Bertz CT molecular complexity index is 457. The molecular weight excluding hydrogens is 232 g/mol. The molecule has 1 unspecified atom stereocenters. The highest BCUT2D eigenvalue weighted by atomic mass is 16.7. The van der Waals surface area contributed by atoms with Crippen molar-refractivity contribution in [1.29, 1.82) is 0 Å². The molecule has 10 heteroatoms. The van der Waals surface area contributed by atoms with Crippen LogP contribution in [0.2, 0.25) is 0 Å². The lowest BCUT2D eigenvalue weighted by Gasteiger charge is -2.08.